The molecule has 0 aromatic heterocycles. The van der Waals surface area contributed by atoms with Crippen LogP contribution in [0.15, 0.2) is 17.9 Å². The first-order valence-corrected chi connectivity index (χ1v) is 4.34. The normalized spacial score (nSPS) is 22.3. The maximum atomic E-state index is 3.15. The predicted octanol–water partition coefficient (Wildman–Crippen LogP) is 3.30. The van der Waals surface area contributed by atoms with E-state index in [1.54, 1.807) is 0 Å². The van der Waals surface area contributed by atoms with Gasteiger partial charge in [-0.15, -0.1) is 5.73 Å². The molecule has 56 valence electrons. The first kappa shape index (κ1) is 7.63. The van der Waals surface area contributed by atoms with E-state index in [0.29, 0.717) is 0 Å². The van der Waals surface area contributed by atoms with Crippen LogP contribution >= 0.6 is 0 Å². The van der Waals surface area contributed by atoms with Gasteiger partial charge in [0, 0.05) is 0 Å². The molecular formula is C10H16. The van der Waals surface area contributed by atoms with Gasteiger partial charge in [0.15, 0.2) is 0 Å². The van der Waals surface area contributed by atoms with Gasteiger partial charge in [0.05, 0.1) is 0 Å². The lowest BCUT2D eigenvalue weighted by Crippen LogP contribution is -1.90. The van der Waals surface area contributed by atoms with Gasteiger partial charge in [-0.05, 0) is 30.9 Å². The molecule has 0 N–H and O–H groups in total. The monoisotopic (exact) mass is 136 g/mol. The number of rotatable bonds is 4. The highest BCUT2D eigenvalue weighted by atomic mass is 14.1. The fourth-order valence-electron chi connectivity index (χ4n) is 1.35. The van der Waals surface area contributed by atoms with Crippen LogP contribution < -0.4 is 0 Å². The molecule has 1 atom stereocenters. The van der Waals surface area contributed by atoms with E-state index in [-0.39, 0.29) is 0 Å². The summed E-state index contributed by atoms with van der Waals surface area (Å²) in [6.45, 7) is 2.25. The van der Waals surface area contributed by atoms with Gasteiger partial charge in [-0.3, -0.25) is 0 Å². The fraction of sp³-hybridized carbons (Fsp3) is 0.700. The molecule has 0 bridgehead atoms. The summed E-state index contributed by atoms with van der Waals surface area (Å²) in [5.74, 6) is 0.826. The largest absolute Gasteiger partial charge is 0.129 e. The smallest absolute Gasteiger partial charge is 0.0117 e. The summed E-state index contributed by atoms with van der Waals surface area (Å²) in [7, 11) is 0. The van der Waals surface area contributed by atoms with Crippen LogP contribution in [-0.2, 0) is 0 Å². The highest BCUT2D eigenvalue weighted by Crippen LogP contribution is 2.18. The highest BCUT2D eigenvalue weighted by Gasteiger charge is 2.04. The van der Waals surface area contributed by atoms with Crippen molar-refractivity contribution in [3.8, 4) is 0 Å². The van der Waals surface area contributed by atoms with Gasteiger partial charge < -0.3 is 0 Å². The van der Waals surface area contributed by atoms with Crippen LogP contribution in [0, 0.1) is 5.92 Å². The topological polar surface area (TPSA) is 0 Å². The van der Waals surface area contributed by atoms with E-state index < -0.39 is 0 Å². The molecule has 0 aromatic rings. The third-order valence-corrected chi connectivity index (χ3v) is 2.05. The quantitative estimate of drug-likeness (QED) is 0.411. The lowest BCUT2D eigenvalue weighted by atomic mass is 10.0. The Kier molecular flexibility index (Phi) is 3.32. The average molecular weight is 136 g/mol. The Morgan fingerprint density at radius 2 is 2.40 bits per heavy atom. The van der Waals surface area contributed by atoms with Gasteiger partial charge in [0.2, 0.25) is 0 Å². The third kappa shape index (κ3) is 2.41. The van der Waals surface area contributed by atoms with Crippen LogP contribution in [0.3, 0.4) is 0 Å². The van der Waals surface area contributed by atoms with Crippen LogP contribution in [0.2, 0.25) is 0 Å². The summed E-state index contributed by atoms with van der Waals surface area (Å²) in [6, 6.07) is 0. The standard InChI is InChI=1S/C10H16/c1-2-3-4-7-10-8-5-6-9-10/h5,9-10H,2-4,7-8H2,1H3. The van der Waals surface area contributed by atoms with Crippen molar-refractivity contribution in [3.05, 3.63) is 17.9 Å². The zero-order valence-corrected chi connectivity index (χ0v) is 6.77. The van der Waals surface area contributed by atoms with Crippen LogP contribution in [0.5, 0.6) is 0 Å². The Morgan fingerprint density at radius 1 is 1.50 bits per heavy atom. The molecule has 1 unspecified atom stereocenters. The molecule has 1 rings (SSSR count). The van der Waals surface area contributed by atoms with Gasteiger partial charge in [0.25, 0.3) is 0 Å². The molecule has 0 saturated heterocycles. The van der Waals surface area contributed by atoms with Crippen LogP contribution in [-0.4, -0.2) is 0 Å². The van der Waals surface area contributed by atoms with E-state index in [1.165, 1.54) is 32.1 Å². The molecule has 0 heterocycles. The number of allylic oxidation sites excluding steroid dienone is 1. The average Bonchev–Trinajstić information content (AvgIpc) is 2.41. The predicted molar refractivity (Wildman–Crippen MR) is 44.9 cm³/mol. The van der Waals surface area contributed by atoms with Gasteiger partial charge in [0.1, 0.15) is 0 Å². The third-order valence-electron chi connectivity index (χ3n) is 2.05. The van der Waals surface area contributed by atoms with Crippen molar-refractivity contribution in [2.24, 2.45) is 5.92 Å². The number of unbranched alkanes of at least 4 members (excludes halogenated alkanes) is 2. The van der Waals surface area contributed by atoms with Crippen molar-refractivity contribution < 1.29 is 0 Å². The maximum Gasteiger partial charge on any atom is -0.0117 e. The zero-order valence-electron chi connectivity index (χ0n) is 6.77. The maximum absolute atomic E-state index is 3.15. The second-order valence-electron chi connectivity index (χ2n) is 3.03. The molecule has 0 aromatic carbocycles. The number of hydrogen-bond donors (Lipinski definition) is 0. The van der Waals surface area contributed by atoms with Crippen molar-refractivity contribution in [1.82, 2.24) is 0 Å². The minimum Gasteiger partial charge on any atom is -0.129 e. The van der Waals surface area contributed by atoms with Crippen LogP contribution in [0.25, 0.3) is 0 Å². The zero-order chi connectivity index (χ0) is 7.23. The Hall–Kier alpha value is -0.480. The van der Waals surface area contributed by atoms with E-state index >= 15 is 0 Å². The van der Waals surface area contributed by atoms with Gasteiger partial charge in [-0.2, -0.15) is 0 Å². The highest BCUT2D eigenvalue weighted by molar-refractivity contribution is 4.99. The molecule has 0 aliphatic heterocycles. The van der Waals surface area contributed by atoms with Crippen molar-refractivity contribution in [2.45, 2.75) is 39.0 Å². The second kappa shape index (κ2) is 4.35. The molecule has 0 amide bonds. The van der Waals surface area contributed by atoms with Crippen molar-refractivity contribution in [2.75, 3.05) is 0 Å². The Bertz CT molecular complexity index is 138. The summed E-state index contributed by atoms with van der Waals surface area (Å²) < 4.78 is 0. The molecular weight excluding hydrogens is 120 g/mol. The first-order chi connectivity index (χ1) is 4.93. The molecule has 0 nitrogen and oxygen atoms in total. The lowest BCUT2D eigenvalue weighted by molar-refractivity contribution is 0.553. The van der Waals surface area contributed by atoms with E-state index in [0.717, 1.165) is 5.92 Å². The molecule has 0 saturated carbocycles. The van der Waals surface area contributed by atoms with Crippen LogP contribution in [0.4, 0.5) is 0 Å². The minimum atomic E-state index is 0.826. The molecule has 1 aliphatic carbocycles. The Morgan fingerprint density at radius 3 is 3.00 bits per heavy atom. The van der Waals surface area contributed by atoms with E-state index in [2.05, 4.69) is 24.8 Å². The summed E-state index contributed by atoms with van der Waals surface area (Å²) in [5.41, 5.74) is 3.15. The summed E-state index contributed by atoms with van der Waals surface area (Å²) in [4.78, 5) is 0. The van der Waals surface area contributed by atoms with E-state index in [1.807, 2.05) is 0 Å². The molecule has 10 heavy (non-hydrogen) atoms. The van der Waals surface area contributed by atoms with Crippen LogP contribution in [0.1, 0.15) is 39.0 Å². The Balaban J connectivity index is 1.99. The molecule has 1 aliphatic rings. The molecule has 0 heteroatoms. The molecule has 0 radical (unpaired) electrons. The Labute approximate surface area is 63.6 Å². The van der Waals surface area contributed by atoms with Crippen molar-refractivity contribution >= 4 is 0 Å². The summed E-state index contributed by atoms with van der Waals surface area (Å²) in [5, 5.41) is 0. The molecule has 0 spiro atoms. The van der Waals surface area contributed by atoms with Gasteiger partial charge >= 0.3 is 0 Å². The van der Waals surface area contributed by atoms with Gasteiger partial charge in [-0.1, -0.05) is 26.2 Å². The van der Waals surface area contributed by atoms with Gasteiger partial charge in [-0.25, -0.2) is 0 Å². The van der Waals surface area contributed by atoms with Crippen molar-refractivity contribution in [3.63, 3.8) is 0 Å². The number of hydrogen-bond acceptors (Lipinski definition) is 0. The van der Waals surface area contributed by atoms with Crippen molar-refractivity contribution in [1.29, 1.82) is 0 Å². The SMILES string of the molecule is CCCCCC1C=C=CC1. The summed E-state index contributed by atoms with van der Waals surface area (Å²) >= 11 is 0. The lowest BCUT2D eigenvalue weighted by Gasteiger charge is -2.04. The van der Waals surface area contributed by atoms with E-state index in [9.17, 15) is 0 Å². The van der Waals surface area contributed by atoms with E-state index in [4.69, 9.17) is 0 Å². The summed E-state index contributed by atoms with van der Waals surface area (Å²) in [6.07, 6.45) is 11.1. The first-order valence-electron chi connectivity index (χ1n) is 4.34. The fourth-order valence-corrected chi connectivity index (χ4v) is 1.35. The molecule has 0 fully saturated rings. The second-order valence-corrected chi connectivity index (χ2v) is 3.03. The minimum absolute atomic E-state index is 0.826.